The summed E-state index contributed by atoms with van der Waals surface area (Å²) in [6, 6.07) is 9.29. The summed E-state index contributed by atoms with van der Waals surface area (Å²) in [5.74, 6) is -4.72. The Kier molecular flexibility index (Phi) is 4.57. The normalized spacial score (nSPS) is 15.7. The number of carbonyl (C=O) groups is 1. The van der Waals surface area contributed by atoms with Crippen LogP contribution in [-0.4, -0.2) is 23.4 Å². The van der Waals surface area contributed by atoms with Crippen LogP contribution < -0.4 is 5.32 Å². The van der Waals surface area contributed by atoms with Crippen molar-refractivity contribution in [3.8, 4) is 0 Å². The van der Waals surface area contributed by atoms with Gasteiger partial charge in [-0.1, -0.05) is 24.3 Å². The molecule has 0 saturated carbocycles. The fourth-order valence-corrected chi connectivity index (χ4v) is 2.87. The van der Waals surface area contributed by atoms with Gasteiger partial charge in [0.25, 0.3) is 0 Å². The van der Waals surface area contributed by atoms with Crippen molar-refractivity contribution >= 4 is 11.6 Å². The molecule has 0 saturated heterocycles. The van der Waals surface area contributed by atoms with Gasteiger partial charge < -0.3 is 5.32 Å². The number of amides is 1. The lowest BCUT2D eigenvalue weighted by Crippen LogP contribution is -2.44. The third-order valence-corrected chi connectivity index (χ3v) is 4.38. The predicted molar refractivity (Wildman–Crippen MR) is 85.0 cm³/mol. The highest BCUT2D eigenvalue weighted by atomic mass is 19.2. The Morgan fingerprint density at radius 3 is 2.54 bits per heavy atom. The molecule has 1 heterocycles. The van der Waals surface area contributed by atoms with E-state index in [1.165, 1.54) is 5.56 Å². The summed E-state index contributed by atoms with van der Waals surface area (Å²) in [7, 11) is 0. The van der Waals surface area contributed by atoms with Crippen molar-refractivity contribution in [3.05, 3.63) is 65.0 Å². The maximum atomic E-state index is 13.7. The van der Waals surface area contributed by atoms with Crippen molar-refractivity contribution in [3.63, 3.8) is 0 Å². The van der Waals surface area contributed by atoms with Crippen molar-refractivity contribution < 1.29 is 18.0 Å². The first-order valence-corrected chi connectivity index (χ1v) is 7.72. The number of rotatable bonds is 3. The fraction of sp³-hybridized carbons (Fsp3) is 0.278. The Morgan fingerprint density at radius 2 is 1.79 bits per heavy atom. The predicted octanol–water partition coefficient (Wildman–Crippen LogP) is 3.49. The quantitative estimate of drug-likeness (QED) is 0.872. The van der Waals surface area contributed by atoms with Gasteiger partial charge in [-0.3, -0.25) is 9.69 Å². The standard InChI is InChI=1S/C18H17F3N2O/c1-11(23-9-8-12-4-2-3-5-13(12)10-23)18(24)22-15-7-6-14(19)16(20)17(15)21/h2-7,11H,8-10H2,1H3,(H,22,24)/t11-/m0/s1. The molecule has 2 aromatic carbocycles. The first kappa shape index (κ1) is 16.5. The fourth-order valence-electron chi connectivity index (χ4n) is 2.87. The molecule has 0 aliphatic carbocycles. The number of fused-ring (bicyclic) bond motifs is 1. The highest BCUT2D eigenvalue weighted by Crippen LogP contribution is 2.23. The van der Waals surface area contributed by atoms with E-state index in [1.807, 2.05) is 23.1 Å². The Bertz CT molecular complexity index is 779. The second kappa shape index (κ2) is 6.65. The van der Waals surface area contributed by atoms with Gasteiger partial charge in [-0.05, 0) is 36.6 Å². The highest BCUT2D eigenvalue weighted by molar-refractivity contribution is 5.94. The summed E-state index contributed by atoms with van der Waals surface area (Å²) in [4.78, 5) is 14.3. The van der Waals surface area contributed by atoms with E-state index in [0.29, 0.717) is 13.1 Å². The number of benzene rings is 2. The van der Waals surface area contributed by atoms with Gasteiger partial charge in [-0.25, -0.2) is 13.2 Å². The minimum absolute atomic E-state index is 0.358. The molecule has 1 atom stereocenters. The van der Waals surface area contributed by atoms with Crippen molar-refractivity contribution in [1.82, 2.24) is 4.90 Å². The number of nitrogens with one attached hydrogen (secondary N) is 1. The largest absolute Gasteiger partial charge is 0.322 e. The Hall–Kier alpha value is -2.34. The van der Waals surface area contributed by atoms with Crippen molar-refractivity contribution in [1.29, 1.82) is 0 Å². The Balaban J connectivity index is 1.71. The molecular weight excluding hydrogens is 317 g/mol. The third kappa shape index (κ3) is 3.14. The van der Waals surface area contributed by atoms with E-state index in [-0.39, 0.29) is 5.69 Å². The lowest BCUT2D eigenvalue weighted by atomic mass is 9.99. The topological polar surface area (TPSA) is 32.3 Å². The molecule has 1 N–H and O–H groups in total. The van der Waals surface area contributed by atoms with E-state index in [4.69, 9.17) is 0 Å². The molecule has 1 aliphatic heterocycles. The first-order chi connectivity index (χ1) is 11.5. The molecule has 126 valence electrons. The second-order valence-electron chi connectivity index (χ2n) is 5.88. The van der Waals surface area contributed by atoms with Crippen molar-refractivity contribution in [2.45, 2.75) is 25.9 Å². The maximum Gasteiger partial charge on any atom is 0.241 e. The van der Waals surface area contributed by atoms with Crippen LogP contribution in [0.25, 0.3) is 0 Å². The first-order valence-electron chi connectivity index (χ1n) is 7.72. The molecule has 2 aromatic rings. The molecule has 0 unspecified atom stereocenters. The van der Waals surface area contributed by atoms with Crippen LogP contribution in [0.15, 0.2) is 36.4 Å². The van der Waals surface area contributed by atoms with Crippen LogP contribution in [0, 0.1) is 17.5 Å². The van der Waals surface area contributed by atoms with Gasteiger partial charge in [0.15, 0.2) is 17.5 Å². The Labute approximate surface area is 138 Å². The minimum Gasteiger partial charge on any atom is -0.322 e. The van der Waals surface area contributed by atoms with E-state index < -0.39 is 29.4 Å². The number of anilines is 1. The summed E-state index contributed by atoms with van der Waals surface area (Å²) < 4.78 is 39.9. The van der Waals surface area contributed by atoms with Gasteiger partial charge >= 0.3 is 0 Å². The molecule has 3 rings (SSSR count). The van der Waals surface area contributed by atoms with Crippen LogP contribution in [0.2, 0.25) is 0 Å². The zero-order valence-electron chi connectivity index (χ0n) is 13.2. The Morgan fingerprint density at radius 1 is 1.08 bits per heavy atom. The van der Waals surface area contributed by atoms with Crippen LogP contribution in [0.5, 0.6) is 0 Å². The molecule has 0 spiro atoms. The van der Waals surface area contributed by atoms with E-state index in [2.05, 4.69) is 11.4 Å². The number of hydrogen-bond acceptors (Lipinski definition) is 2. The van der Waals surface area contributed by atoms with E-state index in [0.717, 1.165) is 24.1 Å². The smallest absolute Gasteiger partial charge is 0.241 e. The molecule has 1 aliphatic rings. The lowest BCUT2D eigenvalue weighted by Gasteiger charge is -2.32. The average Bonchev–Trinajstić information content (AvgIpc) is 2.61. The molecule has 6 heteroatoms. The highest BCUT2D eigenvalue weighted by Gasteiger charge is 2.26. The molecule has 0 bridgehead atoms. The molecule has 0 radical (unpaired) electrons. The maximum absolute atomic E-state index is 13.7. The molecule has 3 nitrogen and oxygen atoms in total. The zero-order valence-corrected chi connectivity index (χ0v) is 13.2. The number of nitrogens with zero attached hydrogens (tertiary/aromatic N) is 1. The van der Waals surface area contributed by atoms with Gasteiger partial charge in [-0.15, -0.1) is 0 Å². The van der Waals surface area contributed by atoms with Crippen LogP contribution in [0.3, 0.4) is 0 Å². The second-order valence-corrected chi connectivity index (χ2v) is 5.88. The van der Waals surface area contributed by atoms with E-state index in [1.54, 1.807) is 6.92 Å². The van der Waals surface area contributed by atoms with Crippen LogP contribution in [0.4, 0.5) is 18.9 Å². The minimum atomic E-state index is -1.59. The van der Waals surface area contributed by atoms with Crippen LogP contribution in [0.1, 0.15) is 18.1 Å². The third-order valence-electron chi connectivity index (χ3n) is 4.38. The average molecular weight is 334 g/mol. The van der Waals surface area contributed by atoms with Crippen molar-refractivity contribution in [2.24, 2.45) is 0 Å². The SMILES string of the molecule is C[C@@H](C(=O)Nc1ccc(F)c(F)c1F)N1CCc2ccccc2C1. The summed E-state index contributed by atoms with van der Waals surface area (Å²) >= 11 is 0. The van der Waals surface area contributed by atoms with Gasteiger partial charge in [0.05, 0.1) is 11.7 Å². The molecular formula is C18H17F3N2O. The molecule has 0 fully saturated rings. The van der Waals surface area contributed by atoms with Gasteiger partial charge in [-0.2, -0.15) is 0 Å². The van der Waals surface area contributed by atoms with E-state index in [9.17, 15) is 18.0 Å². The summed E-state index contributed by atoms with van der Waals surface area (Å²) in [5.41, 5.74) is 2.05. The zero-order chi connectivity index (χ0) is 17.3. The molecule has 0 aromatic heterocycles. The summed E-state index contributed by atoms with van der Waals surface area (Å²) in [5, 5.41) is 2.34. The summed E-state index contributed by atoms with van der Waals surface area (Å²) in [6.07, 6.45) is 0.827. The van der Waals surface area contributed by atoms with Crippen LogP contribution in [-0.2, 0) is 17.8 Å². The summed E-state index contributed by atoms with van der Waals surface area (Å²) in [6.45, 7) is 3.03. The number of hydrogen-bond donors (Lipinski definition) is 1. The van der Waals surface area contributed by atoms with Gasteiger partial charge in [0.1, 0.15) is 0 Å². The number of halogens is 3. The van der Waals surface area contributed by atoms with Gasteiger partial charge in [0, 0.05) is 13.1 Å². The molecule has 24 heavy (non-hydrogen) atoms. The van der Waals surface area contributed by atoms with E-state index >= 15 is 0 Å². The van der Waals surface area contributed by atoms with Crippen molar-refractivity contribution in [2.75, 3.05) is 11.9 Å². The van der Waals surface area contributed by atoms with Gasteiger partial charge in [0.2, 0.25) is 5.91 Å². The van der Waals surface area contributed by atoms with Crippen LogP contribution >= 0.6 is 0 Å². The monoisotopic (exact) mass is 334 g/mol. The number of carbonyl (C=O) groups excluding carboxylic acids is 1. The lowest BCUT2D eigenvalue weighted by molar-refractivity contribution is -0.121. The molecule has 1 amide bonds.